The van der Waals surface area contributed by atoms with Crippen LogP contribution in [0.25, 0.3) is 0 Å². The molecule has 0 aliphatic carbocycles. The van der Waals surface area contributed by atoms with E-state index in [4.69, 9.17) is 9.84 Å². The quantitative estimate of drug-likeness (QED) is 0.763. The maximum Gasteiger partial charge on any atom is 0.337 e. The number of hydrogen-bond donors (Lipinski definition) is 2. The van der Waals surface area contributed by atoms with Crippen LogP contribution in [0.3, 0.4) is 0 Å². The van der Waals surface area contributed by atoms with Crippen LogP contribution < -0.4 is 10.2 Å². The number of nitrogens with one attached hydrogen (secondary N) is 1. The van der Waals surface area contributed by atoms with Crippen molar-refractivity contribution in [2.45, 2.75) is 26.3 Å². The van der Waals surface area contributed by atoms with E-state index < -0.39 is 0 Å². The molecule has 3 rings (SSSR count). The van der Waals surface area contributed by atoms with Crippen LogP contribution in [0.1, 0.15) is 34.1 Å². The fraction of sp³-hybridized carbons (Fsp3) is 0.421. The number of benzene rings is 1. The Bertz CT molecular complexity index is 794. The van der Waals surface area contributed by atoms with Crippen LogP contribution in [0.5, 0.6) is 0 Å². The van der Waals surface area contributed by atoms with Gasteiger partial charge in [0.05, 0.1) is 19.3 Å². The van der Waals surface area contributed by atoms with Crippen LogP contribution in [0.15, 0.2) is 24.3 Å². The Labute approximate surface area is 153 Å². The molecule has 1 aliphatic rings. The lowest BCUT2D eigenvalue weighted by molar-refractivity contribution is 0.0600. The van der Waals surface area contributed by atoms with Crippen molar-refractivity contribution in [3.63, 3.8) is 0 Å². The normalized spacial score (nSPS) is 13.3. The molecule has 0 bridgehead atoms. The molecule has 1 aromatic heterocycles. The van der Waals surface area contributed by atoms with Gasteiger partial charge in [0.1, 0.15) is 5.82 Å². The number of rotatable bonds is 6. The summed E-state index contributed by atoms with van der Waals surface area (Å²) in [5.41, 5.74) is 3.91. The molecule has 0 amide bonds. The van der Waals surface area contributed by atoms with Gasteiger partial charge in [-0.1, -0.05) is 13.0 Å². The van der Waals surface area contributed by atoms with E-state index in [2.05, 4.69) is 27.1 Å². The highest BCUT2D eigenvalue weighted by atomic mass is 16.5. The van der Waals surface area contributed by atoms with Crippen LogP contribution >= 0.6 is 0 Å². The Morgan fingerprint density at radius 2 is 2.15 bits per heavy atom. The maximum atomic E-state index is 11.7. The Hall–Kier alpha value is -2.67. The Morgan fingerprint density at radius 1 is 1.31 bits per heavy atom. The van der Waals surface area contributed by atoms with Crippen molar-refractivity contribution in [3.05, 3.63) is 46.6 Å². The second-order valence-electron chi connectivity index (χ2n) is 6.19. The topological polar surface area (TPSA) is 87.6 Å². The zero-order chi connectivity index (χ0) is 18.5. The fourth-order valence-corrected chi connectivity index (χ4v) is 3.07. The van der Waals surface area contributed by atoms with E-state index >= 15 is 0 Å². The average molecular weight is 356 g/mol. The number of hydrogen-bond acceptors (Lipinski definition) is 7. The standard InChI is InChI=1S/C19H24N4O3/c1-3-16-11-17(22-19(21-16)20-7-9-24)23-8-6-13-10-14(18(25)26-2)4-5-15(13)12-23/h4-5,10-11,24H,3,6-9,12H2,1-2H3,(H,20,21,22). The number of esters is 1. The van der Waals surface area contributed by atoms with Gasteiger partial charge in [0.25, 0.3) is 0 Å². The van der Waals surface area contributed by atoms with Crippen molar-refractivity contribution < 1.29 is 14.6 Å². The van der Waals surface area contributed by atoms with E-state index in [1.165, 1.54) is 18.2 Å². The molecule has 7 heteroatoms. The second-order valence-corrected chi connectivity index (χ2v) is 6.19. The van der Waals surface area contributed by atoms with Crippen LogP contribution in [0.4, 0.5) is 11.8 Å². The summed E-state index contributed by atoms with van der Waals surface area (Å²) in [5, 5.41) is 12.0. The number of anilines is 2. The number of aliphatic hydroxyl groups is 1. The first kappa shape index (κ1) is 18.1. The lowest BCUT2D eigenvalue weighted by Crippen LogP contribution is -2.31. The van der Waals surface area contributed by atoms with Gasteiger partial charge in [-0.15, -0.1) is 0 Å². The van der Waals surface area contributed by atoms with Crippen molar-refractivity contribution in [1.82, 2.24) is 9.97 Å². The summed E-state index contributed by atoms with van der Waals surface area (Å²) in [6.45, 7) is 4.07. The van der Waals surface area contributed by atoms with Crippen LogP contribution in [0.2, 0.25) is 0 Å². The first-order valence-corrected chi connectivity index (χ1v) is 8.82. The van der Waals surface area contributed by atoms with E-state index in [0.717, 1.165) is 37.4 Å². The maximum absolute atomic E-state index is 11.7. The van der Waals surface area contributed by atoms with Gasteiger partial charge in [0, 0.05) is 31.4 Å². The molecule has 2 aromatic rings. The molecule has 0 atom stereocenters. The lowest BCUT2D eigenvalue weighted by atomic mass is 9.97. The number of aromatic nitrogens is 2. The highest BCUT2D eigenvalue weighted by Gasteiger charge is 2.20. The van der Waals surface area contributed by atoms with Gasteiger partial charge in [-0.3, -0.25) is 0 Å². The van der Waals surface area contributed by atoms with Gasteiger partial charge >= 0.3 is 5.97 Å². The SMILES string of the molecule is CCc1cc(N2CCc3cc(C(=O)OC)ccc3C2)nc(NCCO)n1. The minimum atomic E-state index is -0.307. The first-order valence-electron chi connectivity index (χ1n) is 8.82. The zero-order valence-electron chi connectivity index (χ0n) is 15.2. The van der Waals surface area contributed by atoms with Crippen molar-refractivity contribution in [3.8, 4) is 0 Å². The molecule has 2 heterocycles. The molecule has 0 spiro atoms. The smallest absolute Gasteiger partial charge is 0.337 e. The molecule has 1 aliphatic heterocycles. The van der Waals surface area contributed by atoms with E-state index in [-0.39, 0.29) is 12.6 Å². The molecular formula is C19H24N4O3. The van der Waals surface area contributed by atoms with E-state index in [1.807, 2.05) is 18.2 Å². The number of carbonyl (C=O) groups excluding carboxylic acids is 1. The summed E-state index contributed by atoms with van der Waals surface area (Å²) in [6.07, 6.45) is 1.65. The highest BCUT2D eigenvalue weighted by molar-refractivity contribution is 5.89. The number of carbonyl (C=O) groups is 1. The van der Waals surface area contributed by atoms with E-state index in [0.29, 0.717) is 18.1 Å². The number of aryl methyl sites for hydroxylation is 1. The minimum Gasteiger partial charge on any atom is -0.465 e. The largest absolute Gasteiger partial charge is 0.465 e. The molecule has 26 heavy (non-hydrogen) atoms. The van der Waals surface area contributed by atoms with E-state index in [1.54, 1.807) is 6.07 Å². The molecule has 0 fully saturated rings. The average Bonchev–Trinajstić information content (AvgIpc) is 2.70. The molecule has 138 valence electrons. The number of aliphatic hydroxyl groups excluding tert-OH is 1. The molecule has 0 unspecified atom stereocenters. The summed E-state index contributed by atoms with van der Waals surface area (Å²) >= 11 is 0. The summed E-state index contributed by atoms with van der Waals surface area (Å²) in [5.74, 6) is 1.11. The summed E-state index contributed by atoms with van der Waals surface area (Å²) in [7, 11) is 1.40. The number of ether oxygens (including phenoxy) is 1. The van der Waals surface area contributed by atoms with Crippen LogP contribution in [-0.2, 0) is 24.1 Å². The van der Waals surface area contributed by atoms with Gasteiger partial charge in [0.2, 0.25) is 5.95 Å². The third kappa shape index (κ3) is 3.94. The molecule has 1 aromatic carbocycles. The second kappa shape index (κ2) is 8.14. The van der Waals surface area contributed by atoms with Gasteiger partial charge in [-0.2, -0.15) is 4.98 Å². The van der Waals surface area contributed by atoms with Crippen molar-refractivity contribution in [1.29, 1.82) is 0 Å². The first-order chi connectivity index (χ1) is 12.6. The molecule has 0 saturated heterocycles. The van der Waals surface area contributed by atoms with Crippen molar-refractivity contribution in [2.24, 2.45) is 0 Å². The van der Waals surface area contributed by atoms with Gasteiger partial charge < -0.3 is 20.1 Å². The van der Waals surface area contributed by atoms with Gasteiger partial charge in [-0.05, 0) is 36.1 Å². The molecule has 0 saturated carbocycles. The monoisotopic (exact) mass is 356 g/mol. The fourth-order valence-electron chi connectivity index (χ4n) is 3.07. The number of nitrogens with zero attached hydrogens (tertiary/aromatic N) is 3. The zero-order valence-corrected chi connectivity index (χ0v) is 15.2. The third-order valence-electron chi connectivity index (χ3n) is 4.49. The van der Waals surface area contributed by atoms with Crippen LogP contribution in [-0.4, -0.2) is 47.8 Å². The predicted octanol–water partition coefficient (Wildman–Crippen LogP) is 1.79. The third-order valence-corrected chi connectivity index (χ3v) is 4.49. The predicted molar refractivity (Wildman–Crippen MR) is 99.5 cm³/mol. The minimum absolute atomic E-state index is 0.0364. The van der Waals surface area contributed by atoms with Gasteiger partial charge in [0.15, 0.2) is 0 Å². The molecule has 0 radical (unpaired) electrons. The van der Waals surface area contributed by atoms with E-state index in [9.17, 15) is 4.79 Å². The number of fused-ring (bicyclic) bond motifs is 1. The Kier molecular flexibility index (Phi) is 5.68. The number of methoxy groups -OCH3 is 1. The Balaban J connectivity index is 1.83. The summed E-state index contributed by atoms with van der Waals surface area (Å²) < 4.78 is 4.80. The highest BCUT2D eigenvalue weighted by Crippen LogP contribution is 2.25. The summed E-state index contributed by atoms with van der Waals surface area (Å²) in [6, 6.07) is 7.72. The molecule has 2 N–H and O–H groups in total. The molecular weight excluding hydrogens is 332 g/mol. The summed E-state index contributed by atoms with van der Waals surface area (Å²) in [4.78, 5) is 23.0. The lowest BCUT2D eigenvalue weighted by Gasteiger charge is -2.30. The van der Waals surface area contributed by atoms with Gasteiger partial charge in [-0.25, -0.2) is 9.78 Å². The van der Waals surface area contributed by atoms with Crippen LogP contribution in [0, 0.1) is 0 Å². The van der Waals surface area contributed by atoms with Crippen molar-refractivity contribution in [2.75, 3.05) is 37.0 Å². The molecule has 7 nitrogen and oxygen atoms in total. The Morgan fingerprint density at radius 3 is 2.88 bits per heavy atom. The van der Waals surface area contributed by atoms with Crippen molar-refractivity contribution >= 4 is 17.7 Å².